The van der Waals surface area contributed by atoms with Gasteiger partial charge in [-0.15, -0.1) is 11.3 Å². The third-order valence-electron chi connectivity index (χ3n) is 4.49. The minimum atomic E-state index is -0.0961. The molecule has 0 saturated carbocycles. The van der Waals surface area contributed by atoms with Gasteiger partial charge in [0.15, 0.2) is 0 Å². The van der Waals surface area contributed by atoms with Gasteiger partial charge in [-0.05, 0) is 25.0 Å². The van der Waals surface area contributed by atoms with E-state index < -0.39 is 0 Å². The molecule has 3 aromatic rings. The number of rotatable bonds is 7. The Hall–Kier alpha value is -2.70. The zero-order valence-electron chi connectivity index (χ0n) is 15.5. The van der Waals surface area contributed by atoms with Crippen LogP contribution >= 0.6 is 11.3 Å². The number of aromatic nitrogens is 1. The standard InChI is InChI=1S/C22H22N2O3S/c25-21(13-18-15-28-22(24-18)16-6-2-1-3-7-16)23-17-8-4-9-19(12-17)27-14-20-10-5-11-26-20/h1-4,6-9,12,15,20H,5,10-11,13-14H2,(H,23,25). The molecule has 1 N–H and O–H groups in total. The topological polar surface area (TPSA) is 60.5 Å². The molecular formula is C22H22N2O3S. The fourth-order valence-corrected chi connectivity index (χ4v) is 3.93. The SMILES string of the molecule is O=C(Cc1csc(-c2ccccc2)n1)Nc1cccc(OCC2CCCO2)c1. The van der Waals surface area contributed by atoms with Gasteiger partial charge in [-0.1, -0.05) is 36.4 Å². The van der Waals surface area contributed by atoms with Gasteiger partial charge in [-0.25, -0.2) is 4.98 Å². The fourth-order valence-electron chi connectivity index (χ4n) is 3.10. The first-order valence-electron chi connectivity index (χ1n) is 9.40. The van der Waals surface area contributed by atoms with Crippen LogP contribution in [0.15, 0.2) is 60.0 Å². The van der Waals surface area contributed by atoms with Crippen molar-refractivity contribution in [2.75, 3.05) is 18.5 Å². The van der Waals surface area contributed by atoms with E-state index in [4.69, 9.17) is 9.47 Å². The van der Waals surface area contributed by atoms with Gasteiger partial charge < -0.3 is 14.8 Å². The van der Waals surface area contributed by atoms with Gasteiger partial charge in [-0.2, -0.15) is 0 Å². The van der Waals surface area contributed by atoms with Gasteiger partial charge in [0.05, 0.1) is 18.2 Å². The molecular weight excluding hydrogens is 372 g/mol. The maximum absolute atomic E-state index is 12.4. The molecule has 1 aromatic heterocycles. The smallest absolute Gasteiger partial charge is 0.230 e. The lowest BCUT2D eigenvalue weighted by molar-refractivity contribution is -0.115. The Morgan fingerprint density at radius 3 is 2.93 bits per heavy atom. The molecule has 4 rings (SSSR count). The van der Waals surface area contributed by atoms with Crippen molar-refractivity contribution in [1.29, 1.82) is 0 Å². The summed E-state index contributed by atoms with van der Waals surface area (Å²) in [5.74, 6) is 0.634. The number of hydrogen-bond acceptors (Lipinski definition) is 5. The van der Waals surface area contributed by atoms with E-state index in [1.54, 1.807) is 11.3 Å². The average molecular weight is 394 g/mol. The van der Waals surface area contributed by atoms with E-state index in [-0.39, 0.29) is 18.4 Å². The highest BCUT2D eigenvalue weighted by Gasteiger charge is 2.16. The summed E-state index contributed by atoms with van der Waals surface area (Å²) in [6, 6.07) is 17.4. The van der Waals surface area contributed by atoms with Gasteiger partial charge in [0, 0.05) is 29.3 Å². The van der Waals surface area contributed by atoms with Crippen LogP contribution in [-0.4, -0.2) is 30.2 Å². The first-order chi connectivity index (χ1) is 13.8. The van der Waals surface area contributed by atoms with Crippen LogP contribution < -0.4 is 10.1 Å². The fraction of sp³-hybridized carbons (Fsp3) is 0.273. The molecule has 2 heterocycles. The second kappa shape index (κ2) is 8.99. The highest BCUT2D eigenvalue weighted by atomic mass is 32.1. The lowest BCUT2D eigenvalue weighted by Gasteiger charge is -2.12. The van der Waals surface area contributed by atoms with Crippen LogP contribution in [0.1, 0.15) is 18.5 Å². The Kier molecular flexibility index (Phi) is 5.99. The minimum Gasteiger partial charge on any atom is -0.491 e. The quantitative estimate of drug-likeness (QED) is 0.639. The summed E-state index contributed by atoms with van der Waals surface area (Å²) in [6.45, 7) is 1.35. The number of thiazole rings is 1. The third-order valence-corrected chi connectivity index (χ3v) is 5.43. The van der Waals surface area contributed by atoms with Crippen molar-refractivity contribution < 1.29 is 14.3 Å². The Morgan fingerprint density at radius 2 is 2.11 bits per heavy atom. The Labute approximate surface area is 168 Å². The molecule has 0 aliphatic carbocycles. The average Bonchev–Trinajstić information content (AvgIpc) is 3.39. The van der Waals surface area contributed by atoms with Crippen molar-refractivity contribution >= 4 is 22.9 Å². The van der Waals surface area contributed by atoms with Crippen LogP contribution in [0.3, 0.4) is 0 Å². The highest BCUT2D eigenvalue weighted by Crippen LogP contribution is 2.24. The predicted octanol–water partition coefficient (Wildman–Crippen LogP) is 4.55. The van der Waals surface area contributed by atoms with Gasteiger partial charge >= 0.3 is 0 Å². The molecule has 0 bridgehead atoms. The number of carbonyl (C=O) groups is 1. The largest absolute Gasteiger partial charge is 0.491 e. The van der Waals surface area contributed by atoms with Crippen molar-refractivity contribution in [3.05, 3.63) is 65.7 Å². The van der Waals surface area contributed by atoms with E-state index in [1.807, 2.05) is 60.0 Å². The number of carbonyl (C=O) groups excluding carboxylic acids is 1. The van der Waals surface area contributed by atoms with Crippen LogP contribution in [0, 0.1) is 0 Å². The molecule has 2 aromatic carbocycles. The number of hydrogen-bond donors (Lipinski definition) is 1. The first-order valence-corrected chi connectivity index (χ1v) is 10.3. The maximum atomic E-state index is 12.4. The molecule has 1 aliphatic rings. The van der Waals surface area contributed by atoms with E-state index in [1.165, 1.54) is 0 Å². The third kappa shape index (κ3) is 4.97. The Balaban J connectivity index is 1.32. The molecule has 0 radical (unpaired) electrons. The highest BCUT2D eigenvalue weighted by molar-refractivity contribution is 7.13. The van der Waals surface area contributed by atoms with E-state index in [9.17, 15) is 4.79 Å². The van der Waals surface area contributed by atoms with Crippen LogP contribution in [0.5, 0.6) is 5.75 Å². The summed E-state index contributed by atoms with van der Waals surface area (Å²) < 4.78 is 11.4. The Morgan fingerprint density at radius 1 is 1.21 bits per heavy atom. The Bertz CT molecular complexity index is 920. The molecule has 1 saturated heterocycles. The summed E-state index contributed by atoms with van der Waals surface area (Å²) in [5.41, 5.74) is 2.55. The molecule has 1 unspecified atom stereocenters. The molecule has 6 heteroatoms. The van der Waals surface area contributed by atoms with E-state index in [2.05, 4.69) is 10.3 Å². The molecule has 1 amide bonds. The molecule has 1 fully saturated rings. The number of nitrogens with one attached hydrogen (secondary N) is 1. The number of anilines is 1. The number of amides is 1. The monoisotopic (exact) mass is 394 g/mol. The zero-order valence-corrected chi connectivity index (χ0v) is 16.3. The number of benzene rings is 2. The molecule has 5 nitrogen and oxygen atoms in total. The summed E-state index contributed by atoms with van der Waals surface area (Å²) in [5, 5.41) is 5.78. The van der Waals surface area contributed by atoms with E-state index >= 15 is 0 Å². The summed E-state index contributed by atoms with van der Waals surface area (Å²) in [7, 11) is 0. The van der Waals surface area contributed by atoms with Crippen molar-refractivity contribution in [3.63, 3.8) is 0 Å². The summed E-state index contributed by atoms with van der Waals surface area (Å²) in [4.78, 5) is 17.0. The van der Waals surface area contributed by atoms with Crippen LogP contribution in [0.25, 0.3) is 10.6 Å². The first kappa shape index (κ1) is 18.7. The molecule has 144 valence electrons. The summed E-state index contributed by atoms with van der Waals surface area (Å²) in [6.07, 6.45) is 2.54. The normalized spacial score (nSPS) is 16.1. The van der Waals surface area contributed by atoms with Crippen LogP contribution in [-0.2, 0) is 16.0 Å². The molecule has 1 aliphatic heterocycles. The van der Waals surface area contributed by atoms with Gasteiger partial charge in [0.25, 0.3) is 0 Å². The zero-order chi connectivity index (χ0) is 19.2. The van der Waals surface area contributed by atoms with E-state index in [0.29, 0.717) is 12.3 Å². The lowest BCUT2D eigenvalue weighted by atomic mass is 10.2. The van der Waals surface area contributed by atoms with Crippen molar-refractivity contribution in [2.24, 2.45) is 0 Å². The van der Waals surface area contributed by atoms with Gasteiger partial charge in [0.1, 0.15) is 17.4 Å². The van der Waals surface area contributed by atoms with Crippen molar-refractivity contribution in [1.82, 2.24) is 4.98 Å². The van der Waals surface area contributed by atoms with Crippen molar-refractivity contribution in [2.45, 2.75) is 25.4 Å². The van der Waals surface area contributed by atoms with Gasteiger partial charge in [0.2, 0.25) is 5.91 Å². The minimum absolute atomic E-state index is 0.0961. The predicted molar refractivity (Wildman–Crippen MR) is 111 cm³/mol. The van der Waals surface area contributed by atoms with Crippen LogP contribution in [0.4, 0.5) is 5.69 Å². The molecule has 28 heavy (non-hydrogen) atoms. The number of nitrogens with zero attached hydrogens (tertiary/aromatic N) is 1. The summed E-state index contributed by atoms with van der Waals surface area (Å²) >= 11 is 1.55. The second-order valence-electron chi connectivity index (χ2n) is 6.71. The second-order valence-corrected chi connectivity index (χ2v) is 7.57. The van der Waals surface area contributed by atoms with E-state index in [0.717, 1.165) is 41.5 Å². The van der Waals surface area contributed by atoms with Gasteiger partial charge in [-0.3, -0.25) is 4.79 Å². The van der Waals surface area contributed by atoms with Crippen molar-refractivity contribution in [3.8, 4) is 16.3 Å². The lowest BCUT2D eigenvalue weighted by Crippen LogP contribution is -2.17. The molecule has 1 atom stereocenters. The van der Waals surface area contributed by atoms with Crippen LogP contribution in [0.2, 0.25) is 0 Å². The maximum Gasteiger partial charge on any atom is 0.230 e. The molecule has 0 spiro atoms. The number of ether oxygens (including phenoxy) is 2.